The number of carbonyl (C=O) groups is 1. The van der Waals surface area contributed by atoms with Crippen LogP contribution in [0.1, 0.15) is 31.4 Å². The van der Waals surface area contributed by atoms with Crippen molar-refractivity contribution in [1.82, 2.24) is 10.2 Å². The van der Waals surface area contributed by atoms with Gasteiger partial charge in [-0.05, 0) is 44.0 Å². The van der Waals surface area contributed by atoms with Crippen molar-refractivity contribution in [3.63, 3.8) is 0 Å². The summed E-state index contributed by atoms with van der Waals surface area (Å²) in [6.45, 7) is 2.89. The zero-order chi connectivity index (χ0) is 14.0. The smallest absolute Gasteiger partial charge is 0.239 e. The van der Waals surface area contributed by atoms with Gasteiger partial charge in [0.15, 0.2) is 0 Å². The molecule has 0 spiro atoms. The van der Waals surface area contributed by atoms with Gasteiger partial charge >= 0.3 is 0 Å². The molecule has 1 aliphatic rings. The van der Waals surface area contributed by atoms with Gasteiger partial charge < -0.3 is 10.2 Å². The highest BCUT2D eigenvalue weighted by molar-refractivity contribution is 6.35. The summed E-state index contributed by atoms with van der Waals surface area (Å²) in [5.41, 5.74) is 0.917. The molecule has 2 atom stereocenters. The molecular formula is C14H18Cl2N2O. The molecule has 1 aromatic rings. The maximum Gasteiger partial charge on any atom is 0.239 e. The summed E-state index contributed by atoms with van der Waals surface area (Å²) in [5.74, 6) is 0.121. The number of likely N-dealkylation sites (N-methyl/N-ethyl adjacent to an activating group) is 1. The topological polar surface area (TPSA) is 32.3 Å². The minimum absolute atomic E-state index is 0.0569. The molecule has 1 saturated heterocycles. The highest BCUT2D eigenvalue weighted by atomic mass is 35.5. The van der Waals surface area contributed by atoms with Crippen LogP contribution in [-0.2, 0) is 4.79 Å². The second-order valence-corrected chi connectivity index (χ2v) is 5.78. The van der Waals surface area contributed by atoms with Gasteiger partial charge in [0.25, 0.3) is 0 Å². The first-order valence-corrected chi connectivity index (χ1v) is 7.21. The number of hydrogen-bond acceptors (Lipinski definition) is 2. The Morgan fingerprint density at radius 3 is 2.79 bits per heavy atom. The molecule has 0 bridgehead atoms. The molecule has 2 rings (SSSR count). The van der Waals surface area contributed by atoms with Gasteiger partial charge in [-0.2, -0.15) is 0 Å². The van der Waals surface area contributed by atoms with E-state index in [1.165, 1.54) is 0 Å². The quantitative estimate of drug-likeness (QED) is 0.929. The molecule has 1 fully saturated rings. The van der Waals surface area contributed by atoms with Crippen molar-refractivity contribution < 1.29 is 4.79 Å². The lowest BCUT2D eigenvalue weighted by atomic mass is 10.1. The van der Waals surface area contributed by atoms with Crippen molar-refractivity contribution >= 4 is 29.1 Å². The fourth-order valence-corrected chi connectivity index (χ4v) is 2.95. The van der Waals surface area contributed by atoms with Gasteiger partial charge in [-0.25, -0.2) is 0 Å². The molecule has 0 aromatic heterocycles. The van der Waals surface area contributed by atoms with Gasteiger partial charge in [0, 0.05) is 17.1 Å². The predicted octanol–water partition coefficient (Wildman–Crippen LogP) is 3.26. The Kier molecular flexibility index (Phi) is 4.71. The molecular weight excluding hydrogens is 283 g/mol. The fourth-order valence-electron chi connectivity index (χ4n) is 2.38. The molecule has 3 nitrogen and oxygen atoms in total. The summed E-state index contributed by atoms with van der Waals surface area (Å²) in [7, 11) is 1.82. The highest BCUT2D eigenvalue weighted by Gasteiger charge is 2.28. The molecule has 1 aromatic carbocycles. The van der Waals surface area contributed by atoms with Crippen molar-refractivity contribution in [3.8, 4) is 0 Å². The molecule has 19 heavy (non-hydrogen) atoms. The molecule has 0 saturated carbocycles. The van der Waals surface area contributed by atoms with E-state index < -0.39 is 0 Å². The van der Waals surface area contributed by atoms with Crippen molar-refractivity contribution in [2.24, 2.45) is 0 Å². The standard InChI is InChI=1S/C14H18Cl2N2O/c1-9(11-6-5-10(15)8-12(11)16)18(2)14(19)13-4-3-7-17-13/h5-6,8-9,13,17H,3-4,7H2,1-2H3/t9?,13-/m0/s1. The van der Waals surface area contributed by atoms with E-state index in [0.717, 1.165) is 24.9 Å². The monoisotopic (exact) mass is 300 g/mol. The molecule has 1 N–H and O–H groups in total. The second-order valence-electron chi connectivity index (χ2n) is 4.94. The molecule has 0 radical (unpaired) electrons. The molecule has 1 heterocycles. The molecule has 1 amide bonds. The molecule has 0 aliphatic carbocycles. The SMILES string of the molecule is CC(c1ccc(Cl)cc1Cl)N(C)C(=O)[C@@H]1CCCN1. The summed E-state index contributed by atoms with van der Waals surface area (Å²) >= 11 is 12.1. The number of halogens is 2. The summed E-state index contributed by atoms with van der Waals surface area (Å²) in [5, 5.41) is 4.42. The van der Waals surface area contributed by atoms with Crippen molar-refractivity contribution in [3.05, 3.63) is 33.8 Å². The minimum Gasteiger partial charge on any atom is -0.338 e. The van der Waals surface area contributed by atoms with Crippen molar-refractivity contribution in [2.75, 3.05) is 13.6 Å². The molecule has 5 heteroatoms. The van der Waals surface area contributed by atoms with Crippen LogP contribution in [0.4, 0.5) is 0 Å². The minimum atomic E-state index is -0.0698. The summed E-state index contributed by atoms with van der Waals surface area (Å²) in [6.07, 6.45) is 1.96. The third kappa shape index (κ3) is 3.22. The lowest BCUT2D eigenvalue weighted by Gasteiger charge is -2.28. The van der Waals surface area contributed by atoms with Crippen molar-refractivity contribution in [1.29, 1.82) is 0 Å². The largest absolute Gasteiger partial charge is 0.338 e. The third-order valence-corrected chi connectivity index (χ3v) is 4.26. The summed E-state index contributed by atoms with van der Waals surface area (Å²) < 4.78 is 0. The second kappa shape index (κ2) is 6.12. The number of benzene rings is 1. The molecule has 1 unspecified atom stereocenters. The Hall–Kier alpha value is -0.770. The number of rotatable bonds is 3. The van der Waals surface area contributed by atoms with Gasteiger partial charge in [0.1, 0.15) is 0 Å². The van der Waals surface area contributed by atoms with Gasteiger partial charge in [-0.1, -0.05) is 29.3 Å². The van der Waals surface area contributed by atoms with E-state index in [-0.39, 0.29) is 18.0 Å². The van der Waals surface area contributed by atoms with E-state index in [1.54, 1.807) is 17.0 Å². The lowest BCUT2D eigenvalue weighted by Crippen LogP contribution is -2.42. The van der Waals surface area contributed by atoms with Gasteiger partial charge in [-0.15, -0.1) is 0 Å². The van der Waals surface area contributed by atoms with Crippen molar-refractivity contribution in [2.45, 2.75) is 31.8 Å². The van der Waals surface area contributed by atoms with E-state index in [0.29, 0.717) is 10.0 Å². The summed E-state index contributed by atoms with van der Waals surface area (Å²) in [6, 6.07) is 5.26. The van der Waals surface area contributed by atoms with Crippen LogP contribution in [0.5, 0.6) is 0 Å². The number of nitrogens with zero attached hydrogens (tertiary/aromatic N) is 1. The van der Waals surface area contributed by atoms with Crippen LogP contribution in [0.25, 0.3) is 0 Å². The average molecular weight is 301 g/mol. The average Bonchev–Trinajstić information content (AvgIpc) is 2.90. The van der Waals surface area contributed by atoms with Crippen LogP contribution < -0.4 is 5.32 Å². The van der Waals surface area contributed by atoms with E-state index in [4.69, 9.17) is 23.2 Å². The zero-order valence-corrected chi connectivity index (χ0v) is 12.6. The Bertz CT molecular complexity index is 473. The predicted molar refractivity (Wildman–Crippen MR) is 78.7 cm³/mol. The van der Waals surface area contributed by atoms with Crippen LogP contribution in [0.2, 0.25) is 10.0 Å². The first-order chi connectivity index (χ1) is 9.00. The Morgan fingerprint density at radius 1 is 1.47 bits per heavy atom. The Balaban J connectivity index is 2.13. The van der Waals surface area contributed by atoms with Crippen LogP contribution in [0, 0.1) is 0 Å². The number of carbonyl (C=O) groups excluding carboxylic acids is 1. The fraction of sp³-hybridized carbons (Fsp3) is 0.500. The first kappa shape index (κ1) is 14.6. The molecule has 1 aliphatic heterocycles. The highest BCUT2D eigenvalue weighted by Crippen LogP contribution is 2.29. The lowest BCUT2D eigenvalue weighted by molar-refractivity contribution is -0.133. The van der Waals surface area contributed by atoms with E-state index in [9.17, 15) is 4.79 Å². The Labute approximate surface area is 123 Å². The number of nitrogens with one attached hydrogen (secondary N) is 1. The van der Waals surface area contributed by atoms with Crippen LogP contribution in [0.15, 0.2) is 18.2 Å². The summed E-state index contributed by atoms with van der Waals surface area (Å²) in [4.78, 5) is 14.1. The van der Waals surface area contributed by atoms with E-state index in [1.807, 2.05) is 20.0 Å². The zero-order valence-electron chi connectivity index (χ0n) is 11.1. The van der Waals surface area contributed by atoms with Gasteiger partial charge in [-0.3, -0.25) is 4.79 Å². The number of hydrogen-bond donors (Lipinski definition) is 1. The van der Waals surface area contributed by atoms with Gasteiger partial charge in [0.2, 0.25) is 5.91 Å². The molecule has 104 valence electrons. The van der Waals surface area contributed by atoms with Crippen LogP contribution >= 0.6 is 23.2 Å². The third-order valence-electron chi connectivity index (χ3n) is 3.70. The van der Waals surface area contributed by atoms with E-state index in [2.05, 4.69) is 5.32 Å². The normalized spacial score (nSPS) is 20.3. The first-order valence-electron chi connectivity index (χ1n) is 6.45. The van der Waals surface area contributed by atoms with E-state index >= 15 is 0 Å². The Morgan fingerprint density at radius 2 is 2.21 bits per heavy atom. The maximum absolute atomic E-state index is 12.3. The van der Waals surface area contributed by atoms with Crippen LogP contribution in [-0.4, -0.2) is 30.4 Å². The number of amides is 1. The maximum atomic E-state index is 12.3. The van der Waals surface area contributed by atoms with Gasteiger partial charge in [0.05, 0.1) is 12.1 Å². The van der Waals surface area contributed by atoms with Crippen LogP contribution in [0.3, 0.4) is 0 Å².